The molecule has 0 spiro atoms. The van der Waals surface area contributed by atoms with Gasteiger partial charge in [-0.3, -0.25) is 0 Å². The third-order valence-corrected chi connectivity index (χ3v) is 2.36. The quantitative estimate of drug-likeness (QED) is 0.745. The molecule has 1 nitrogen and oxygen atoms in total. The van der Waals surface area contributed by atoms with Crippen LogP contribution in [0.1, 0.15) is 11.1 Å². The van der Waals surface area contributed by atoms with E-state index in [0.29, 0.717) is 16.6 Å². The monoisotopic (exact) mass is 268 g/mol. The van der Waals surface area contributed by atoms with Crippen molar-refractivity contribution < 1.29 is 17.9 Å². The lowest BCUT2D eigenvalue weighted by Crippen LogP contribution is -2.05. The largest absolute Gasteiger partial charge is 0.496 e. The second-order valence-electron chi connectivity index (χ2n) is 2.66. The Morgan fingerprint density at radius 2 is 2.00 bits per heavy atom. The summed E-state index contributed by atoms with van der Waals surface area (Å²) in [7, 11) is 1.43. The second-order valence-corrected chi connectivity index (χ2v) is 3.22. The zero-order chi connectivity index (χ0) is 10.8. The first-order valence-electron chi connectivity index (χ1n) is 3.79. The summed E-state index contributed by atoms with van der Waals surface area (Å²) in [6.45, 7) is 0. The number of hydrogen-bond acceptors (Lipinski definition) is 1. The van der Waals surface area contributed by atoms with Gasteiger partial charge < -0.3 is 4.74 Å². The van der Waals surface area contributed by atoms with E-state index in [1.54, 1.807) is 0 Å². The van der Waals surface area contributed by atoms with Crippen LogP contribution >= 0.6 is 15.9 Å². The highest BCUT2D eigenvalue weighted by molar-refractivity contribution is 9.08. The van der Waals surface area contributed by atoms with Gasteiger partial charge in [0, 0.05) is 10.9 Å². The van der Waals surface area contributed by atoms with Crippen LogP contribution in [0, 0.1) is 0 Å². The molecule has 0 saturated heterocycles. The summed E-state index contributed by atoms with van der Waals surface area (Å²) in [5.41, 5.74) is -0.171. The van der Waals surface area contributed by atoms with E-state index in [4.69, 9.17) is 4.74 Å². The van der Waals surface area contributed by atoms with Crippen LogP contribution < -0.4 is 4.74 Å². The van der Waals surface area contributed by atoms with Gasteiger partial charge in [-0.15, -0.1) is 0 Å². The molecule has 0 radical (unpaired) electrons. The topological polar surface area (TPSA) is 9.23 Å². The molecule has 0 fully saturated rings. The van der Waals surface area contributed by atoms with Gasteiger partial charge in [0.15, 0.2) is 0 Å². The zero-order valence-electron chi connectivity index (χ0n) is 7.36. The van der Waals surface area contributed by atoms with Crippen molar-refractivity contribution in [3.05, 3.63) is 29.3 Å². The molecule has 1 aromatic carbocycles. The number of methoxy groups -OCH3 is 1. The van der Waals surface area contributed by atoms with Gasteiger partial charge in [-0.1, -0.05) is 15.9 Å². The van der Waals surface area contributed by atoms with Gasteiger partial charge in [-0.25, -0.2) is 0 Å². The third kappa shape index (κ3) is 2.41. The van der Waals surface area contributed by atoms with Crippen LogP contribution in [0.3, 0.4) is 0 Å². The summed E-state index contributed by atoms with van der Waals surface area (Å²) < 4.78 is 41.8. The highest BCUT2D eigenvalue weighted by Crippen LogP contribution is 2.33. The highest BCUT2D eigenvalue weighted by Gasteiger charge is 2.30. The Morgan fingerprint density at radius 1 is 1.36 bits per heavy atom. The maximum Gasteiger partial charge on any atom is 0.416 e. The van der Waals surface area contributed by atoms with Crippen LogP contribution in [-0.2, 0) is 11.5 Å². The van der Waals surface area contributed by atoms with Gasteiger partial charge in [0.05, 0.1) is 12.7 Å². The number of benzene rings is 1. The van der Waals surface area contributed by atoms with Crippen molar-refractivity contribution in [3.63, 3.8) is 0 Å². The summed E-state index contributed by atoms with van der Waals surface area (Å²) >= 11 is 3.10. The average molecular weight is 269 g/mol. The Hall–Kier alpha value is -0.710. The van der Waals surface area contributed by atoms with Crippen molar-refractivity contribution in [2.45, 2.75) is 11.5 Å². The highest BCUT2D eigenvalue weighted by atomic mass is 79.9. The van der Waals surface area contributed by atoms with Crippen LogP contribution in [0.2, 0.25) is 0 Å². The Bertz CT molecular complexity index is 322. The van der Waals surface area contributed by atoms with E-state index in [2.05, 4.69) is 15.9 Å². The average Bonchev–Trinajstić information content (AvgIpc) is 2.15. The number of hydrogen-bond donors (Lipinski definition) is 0. The fourth-order valence-electron chi connectivity index (χ4n) is 1.06. The van der Waals surface area contributed by atoms with Gasteiger partial charge >= 0.3 is 6.18 Å². The Balaban J connectivity index is 3.14. The molecule has 5 heteroatoms. The third-order valence-electron chi connectivity index (χ3n) is 1.75. The molecule has 14 heavy (non-hydrogen) atoms. The predicted molar refractivity (Wildman–Crippen MR) is 50.6 cm³/mol. The van der Waals surface area contributed by atoms with Crippen LogP contribution in [-0.4, -0.2) is 7.11 Å². The van der Waals surface area contributed by atoms with Crippen molar-refractivity contribution in [3.8, 4) is 5.75 Å². The van der Waals surface area contributed by atoms with Crippen LogP contribution in [0.4, 0.5) is 13.2 Å². The molecule has 0 aliphatic rings. The van der Waals surface area contributed by atoms with Crippen molar-refractivity contribution in [1.82, 2.24) is 0 Å². The number of alkyl halides is 4. The maximum atomic E-state index is 12.3. The van der Waals surface area contributed by atoms with E-state index >= 15 is 0 Å². The molecule has 0 aliphatic carbocycles. The first-order chi connectivity index (χ1) is 6.49. The van der Waals surface area contributed by atoms with Gasteiger partial charge in [0.1, 0.15) is 5.75 Å². The molecule has 1 rings (SSSR count). The van der Waals surface area contributed by atoms with Crippen LogP contribution in [0.15, 0.2) is 18.2 Å². The van der Waals surface area contributed by atoms with Gasteiger partial charge in [0.2, 0.25) is 0 Å². The Labute approximate surface area is 88.0 Å². The molecule has 0 aliphatic heterocycles. The summed E-state index contributed by atoms with van der Waals surface area (Å²) in [4.78, 5) is 0. The van der Waals surface area contributed by atoms with E-state index in [0.717, 1.165) is 12.1 Å². The van der Waals surface area contributed by atoms with Crippen molar-refractivity contribution >= 4 is 15.9 Å². The van der Waals surface area contributed by atoms with Crippen LogP contribution in [0.5, 0.6) is 5.75 Å². The minimum atomic E-state index is -4.30. The van der Waals surface area contributed by atoms with Crippen molar-refractivity contribution in [2.75, 3.05) is 7.11 Å². The molecule has 0 N–H and O–H groups in total. The van der Waals surface area contributed by atoms with Crippen molar-refractivity contribution in [1.29, 1.82) is 0 Å². The Morgan fingerprint density at radius 3 is 2.43 bits per heavy atom. The van der Waals surface area contributed by atoms with E-state index in [9.17, 15) is 13.2 Å². The smallest absolute Gasteiger partial charge is 0.416 e. The Kier molecular flexibility index (Phi) is 3.42. The first-order valence-corrected chi connectivity index (χ1v) is 4.91. The molecule has 0 amide bonds. The lowest BCUT2D eigenvalue weighted by atomic mass is 10.1. The van der Waals surface area contributed by atoms with Crippen LogP contribution in [0.25, 0.3) is 0 Å². The number of ether oxygens (including phenoxy) is 1. The molecule has 0 saturated carbocycles. The normalized spacial score (nSPS) is 11.5. The summed E-state index contributed by atoms with van der Waals surface area (Å²) in [5, 5.41) is 0.333. The first kappa shape index (κ1) is 11.4. The van der Waals surface area contributed by atoms with E-state index in [1.807, 2.05) is 0 Å². The van der Waals surface area contributed by atoms with E-state index in [1.165, 1.54) is 13.2 Å². The summed E-state index contributed by atoms with van der Waals surface area (Å²) in [6.07, 6.45) is -4.30. The predicted octanol–water partition coefficient (Wildman–Crippen LogP) is 3.61. The molecule has 1 aromatic rings. The zero-order valence-corrected chi connectivity index (χ0v) is 8.95. The molecule has 78 valence electrons. The minimum Gasteiger partial charge on any atom is -0.496 e. The molecule has 0 atom stereocenters. The molecule has 0 heterocycles. The second kappa shape index (κ2) is 4.21. The summed E-state index contributed by atoms with van der Waals surface area (Å²) in [6, 6.07) is 3.40. The lowest BCUT2D eigenvalue weighted by Gasteiger charge is -2.10. The summed E-state index contributed by atoms with van der Waals surface area (Å²) in [5.74, 6) is 0.454. The maximum absolute atomic E-state index is 12.3. The fraction of sp³-hybridized carbons (Fsp3) is 0.333. The molecular formula is C9H8BrF3O. The molecule has 0 aromatic heterocycles. The fourth-order valence-corrected chi connectivity index (χ4v) is 1.50. The van der Waals surface area contributed by atoms with E-state index in [-0.39, 0.29) is 0 Å². The van der Waals surface area contributed by atoms with E-state index < -0.39 is 11.7 Å². The molecule has 0 bridgehead atoms. The molecular weight excluding hydrogens is 261 g/mol. The minimum absolute atomic E-state index is 0.333. The standard InChI is InChI=1S/C9H8BrF3O/c1-14-8-3-2-7(9(11,12)13)4-6(8)5-10/h2-4H,5H2,1H3. The van der Waals surface area contributed by atoms with Gasteiger partial charge in [-0.2, -0.15) is 13.2 Å². The number of halogens is 4. The van der Waals surface area contributed by atoms with Gasteiger partial charge in [-0.05, 0) is 18.2 Å². The number of rotatable bonds is 2. The van der Waals surface area contributed by atoms with Gasteiger partial charge in [0.25, 0.3) is 0 Å². The SMILES string of the molecule is COc1ccc(C(F)(F)F)cc1CBr. The molecule has 0 unspecified atom stereocenters. The van der Waals surface area contributed by atoms with Crippen molar-refractivity contribution in [2.24, 2.45) is 0 Å². The lowest BCUT2D eigenvalue weighted by molar-refractivity contribution is -0.137.